The van der Waals surface area contributed by atoms with Gasteiger partial charge in [0.1, 0.15) is 5.60 Å². The third-order valence-corrected chi connectivity index (χ3v) is 1.67. The van der Waals surface area contributed by atoms with Crippen molar-refractivity contribution in [2.75, 3.05) is 7.05 Å². The van der Waals surface area contributed by atoms with Crippen molar-refractivity contribution in [2.24, 2.45) is 0 Å². The molecule has 0 spiro atoms. The van der Waals surface area contributed by atoms with E-state index in [2.05, 4.69) is 8.92 Å². The molecule has 78 valence electrons. The molecule has 0 aromatic rings. The molecule has 13 heavy (non-hydrogen) atoms. The molecule has 0 saturated heterocycles. The topological polar surface area (TPSA) is 81.7 Å². The Balaban J connectivity index is 4.19. The lowest BCUT2D eigenvalue weighted by molar-refractivity contribution is 0.0220. The van der Waals surface area contributed by atoms with E-state index in [-0.39, 0.29) is 0 Å². The Hall–Kier alpha value is -0.820. The fourth-order valence-corrected chi connectivity index (χ4v) is 0.695. The number of rotatable bonds is 2. The molecule has 0 amide bonds. The summed E-state index contributed by atoms with van der Waals surface area (Å²) in [6.07, 6.45) is -1.25. The van der Waals surface area contributed by atoms with E-state index < -0.39 is 22.1 Å². The summed E-state index contributed by atoms with van der Waals surface area (Å²) in [5, 5.41) is 0. The third-order valence-electron chi connectivity index (χ3n) is 0.817. The molecule has 1 N–H and O–H groups in total. The first-order valence-corrected chi connectivity index (χ1v) is 4.93. The van der Waals surface area contributed by atoms with E-state index >= 15 is 0 Å². The molecule has 0 saturated carbocycles. The molecule has 0 rings (SSSR count). The van der Waals surface area contributed by atoms with Crippen molar-refractivity contribution >= 4 is 16.5 Å². The maximum Gasteiger partial charge on any atom is 0.525 e. The van der Waals surface area contributed by atoms with Crippen molar-refractivity contribution in [2.45, 2.75) is 26.4 Å². The Morgan fingerprint density at radius 2 is 1.77 bits per heavy atom. The first-order valence-electron chi connectivity index (χ1n) is 3.52. The second-order valence-electron chi connectivity index (χ2n) is 3.21. The van der Waals surface area contributed by atoms with E-state index in [1.165, 1.54) is 0 Å². The number of nitrogens with one attached hydrogen (secondary N) is 1. The lowest BCUT2D eigenvalue weighted by Crippen LogP contribution is -2.30. The summed E-state index contributed by atoms with van der Waals surface area (Å²) in [5.41, 5.74) is -0.777. The van der Waals surface area contributed by atoms with Crippen LogP contribution in [0.2, 0.25) is 0 Å². The van der Waals surface area contributed by atoms with Gasteiger partial charge >= 0.3 is 16.5 Å². The molecule has 0 heterocycles. The second-order valence-corrected chi connectivity index (χ2v) is 4.69. The van der Waals surface area contributed by atoms with Crippen LogP contribution in [0.5, 0.6) is 0 Å². The van der Waals surface area contributed by atoms with Crippen LogP contribution in [0.3, 0.4) is 0 Å². The van der Waals surface area contributed by atoms with Gasteiger partial charge in [-0.25, -0.2) is 4.79 Å². The standard InChI is InChI=1S/C6H13NO5S/c1-6(2,3)11-5(8)12-13(9,10)7-4/h7H,1-4H3. The zero-order chi connectivity index (χ0) is 10.7. The van der Waals surface area contributed by atoms with Crippen LogP contribution in [0, 0.1) is 0 Å². The second kappa shape index (κ2) is 3.93. The Kier molecular flexibility index (Phi) is 3.68. The van der Waals surface area contributed by atoms with E-state index in [0.29, 0.717) is 0 Å². The van der Waals surface area contributed by atoms with Crippen molar-refractivity contribution in [1.29, 1.82) is 0 Å². The maximum absolute atomic E-state index is 10.8. The van der Waals surface area contributed by atoms with Gasteiger partial charge in [0.2, 0.25) is 0 Å². The lowest BCUT2D eigenvalue weighted by Gasteiger charge is -2.18. The molecule has 0 aliphatic carbocycles. The molecule has 0 aliphatic heterocycles. The summed E-state index contributed by atoms with van der Waals surface area (Å²) in [5.74, 6) is 0. The van der Waals surface area contributed by atoms with E-state index in [1.807, 2.05) is 4.72 Å². The van der Waals surface area contributed by atoms with Gasteiger partial charge in [0.15, 0.2) is 0 Å². The number of ether oxygens (including phenoxy) is 1. The van der Waals surface area contributed by atoms with Crippen molar-refractivity contribution in [3.05, 3.63) is 0 Å². The summed E-state index contributed by atoms with van der Waals surface area (Å²) in [6, 6.07) is 0. The molecule has 0 radical (unpaired) electrons. The molecule has 7 heteroatoms. The predicted molar refractivity (Wildman–Crippen MR) is 45.3 cm³/mol. The summed E-state index contributed by atoms with van der Waals surface area (Å²) >= 11 is 0. The van der Waals surface area contributed by atoms with Crippen molar-refractivity contribution in [3.8, 4) is 0 Å². The largest absolute Gasteiger partial charge is 0.525 e. The smallest absolute Gasteiger partial charge is 0.428 e. The van der Waals surface area contributed by atoms with Gasteiger partial charge in [-0.3, -0.25) is 4.18 Å². The summed E-state index contributed by atoms with van der Waals surface area (Å²) in [7, 11) is -2.89. The monoisotopic (exact) mass is 211 g/mol. The Morgan fingerprint density at radius 3 is 2.08 bits per heavy atom. The van der Waals surface area contributed by atoms with Gasteiger partial charge in [0, 0.05) is 7.05 Å². The Bertz CT molecular complexity index is 276. The van der Waals surface area contributed by atoms with Crippen LogP contribution in [-0.2, 0) is 19.2 Å². The Morgan fingerprint density at radius 1 is 1.31 bits per heavy atom. The van der Waals surface area contributed by atoms with Crippen molar-refractivity contribution in [3.63, 3.8) is 0 Å². The van der Waals surface area contributed by atoms with Crippen LogP contribution in [0.15, 0.2) is 0 Å². The van der Waals surface area contributed by atoms with Gasteiger partial charge < -0.3 is 4.74 Å². The van der Waals surface area contributed by atoms with Gasteiger partial charge in [-0.2, -0.15) is 13.1 Å². The minimum atomic E-state index is -4.02. The molecule has 0 aromatic carbocycles. The minimum Gasteiger partial charge on any atom is -0.428 e. The fraction of sp³-hybridized carbons (Fsp3) is 0.833. The first kappa shape index (κ1) is 12.2. The average molecular weight is 211 g/mol. The van der Waals surface area contributed by atoms with E-state index in [1.54, 1.807) is 20.8 Å². The normalized spacial score (nSPS) is 12.3. The molecule has 0 aliphatic rings. The van der Waals surface area contributed by atoms with Crippen molar-refractivity contribution in [1.82, 2.24) is 4.72 Å². The van der Waals surface area contributed by atoms with Gasteiger partial charge in [-0.05, 0) is 20.8 Å². The van der Waals surface area contributed by atoms with Gasteiger partial charge in [0.05, 0.1) is 0 Å². The van der Waals surface area contributed by atoms with E-state index in [0.717, 1.165) is 7.05 Å². The van der Waals surface area contributed by atoms with Gasteiger partial charge in [-0.1, -0.05) is 0 Å². The highest BCUT2D eigenvalue weighted by atomic mass is 32.2. The number of hydrogen-bond acceptors (Lipinski definition) is 5. The molecule has 0 atom stereocenters. The highest BCUT2D eigenvalue weighted by Crippen LogP contribution is 2.08. The van der Waals surface area contributed by atoms with Crippen LogP contribution < -0.4 is 4.72 Å². The molecule has 0 fully saturated rings. The van der Waals surface area contributed by atoms with Crippen molar-refractivity contribution < 1.29 is 22.1 Å². The quantitative estimate of drug-likeness (QED) is 0.669. The van der Waals surface area contributed by atoms with Crippen LogP contribution >= 0.6 is 0 Å². The highest BCUT2D eigenvalue weighted by molar-refractivity contribution is 7.85. The summed E-state index contributed by atoms with van der Waals surface area (Å²) in [4.78, 5) is 10.8. The van der Waals surface area contributed by atoms with E-state index in [9.17, 15) is 13.2 Å². The maximum atomic E-state index is 10.8. The van der Waals surface area contributed by atoms with Gasteiger partial charge in [-0.15, -0.1) is 0 Å². The van der Waals surface area contributed by atoms with E-state index in [4.69, 9.17) is 0 Å². The molecule has 0 unspecified atom stereocenters. The van der Waals surface area contributed by atoms with Crippen LogP contribution in [0.25, 0.3) is 0 Å². The Labute approximate surface area is 77.5 Å². The van der Waals surface area contributed by atoms with Crippen LogP contribution in [0.1, 0.15) is 20.8 Å². The first-order chi connectivity index (χ1) is 5.66. The molecule has 0 bridgehead atoms. The predicted octanol–water partition coefficient (Wildman–Crippen LogP) is 0.402. The fourth-order valence-electron chi connectivity index (χ4n) is 0.398. The minimum absolute atomic E-state index is 0.777. The SMILES string of the molecule is CNS(=O)(=O)OC(=O)OC(C)(C)C. The molecule has 0 aromatic heterocycles. The zero-order valence-corrected chi connectivity index (χ0v) is 8.77. The number of hydrogen-bond donors (Lipinski definition) is 1. The number of carbonyl (C=O) groups excluding carboxylic acids is 1. The molecular formula is C6H13NO5S. The number of carbonyl (C=O) groups is 1. The molecular weight excluding hydrogens is 198 g/mol. The molecule has 6 nitrogen and oxygen atoms in total. The average Bonchev–Trinajstić information content (AvgIpc) is 1.81. The zero-order valence-electron chi connectivity index (χ0n) is 7.95. The highest BCUT2D eigenvalue weighted by Gasteiger charge is 2.22. The lowest BCUT2D eigenvalue weighted by atomic mass is 10.2. The van der Waals surface area contributed by atoms with Gasteiger partial charge in [0.25, 0.3) is 0 Å². The summed E-state index contributed by atoms with van der Waals surface area (Å²) < 4.78 is 31.7. The van der Waals surface area contributed by atoms with Crippen LogP contribution in [0.4, 0.5) is 4.79 Å². The summed E-state index contributed by atoms with van der Waals surface area (Å²) in [6.45, 7) is 4.79. The van der Waals surface area contributed by atoms with Crippen LogP contribution in [-0.4, -0.2) is 27.2 Å². The third kappa shape index (κ3) is 6.35.